The number of allylic oxidation sites excluding steroid dienone is 2. The molecule has 3 nitrogen and oxygen atoms in total. The van der Waals surface area contributed by atoms with Crippen LogP contribution in [0.3, 0.4) is 0 Å². The van der Waals surface area contributed by atoms with Crippen LogP contribution in [0.5, 0.6) is 5.75 Å². The first-order chi connectivity index (χ1) is 8.16. The number of benzene rings is 1. The fourth-order valence-corrected chi connectivity index (χ4v) is 2.87. The number of hydrogen-bond acceptors (Lipinski definition) is 3. The summed E-state index contributed by atoms with van der Waals surface area (Å²) in [6.07, 6.45) is 7.79. The molecule has 0 radical (unpaired) electrons. The Morgan fingerprint density at radius 2 is 2.00 bits per heavy atom. The SMILES string of the molecule is O=P(Cl)(Oc1ccccc1)OC1C=CC=CC1. The summed E-state index contributed by atoms with van der Waals surface area (Å²) < 4.78 is 22.3. The van der Waals surface area contributed by atoms with Crippen LogP contribution in [0.4, 0.5) is 0 Å². The molecule has 0 spiro atoms. The Bertz CT molecular complexity index is 470. The Kier molecular flexibility index (Phi) is 4.06. The van der Waals surface area contributed by atoms with E-state index in [9.17, 15) is 4.57 Å². The molecule has 1 aromatic rings. The van der Waals surface area contributed by atoms with Gasteiger partial charge in [0.25, 0.3) is 0 Å². The van der Waals surface area contributed by atoms with Gasteiger partial charge in [0.15, 0.2) is 0 Å². The van der Waals surface area contributed by atoms with E-state index in [1.807, 2.05) is 24.3 Å². The van der Waals surface area contributed by atoms with Gasteiger partial charge in [-0.2, -0.15) is 0 Å². The molecule has 0 N–H and O–H groups in total. The Balaban J connectivity index is 1.97. The van der Waals surface area contributed by atoms with Crippen molar-refractivity contribution in [3.63, 3.8) is 0 Å². The van der Waals surface area contributed by atoms with E-state index in [2.05, 4.69) is 0 Å². The van der Waals surface area contributed by atoms with Gasteiger partial charge in [-0.1, -0.05) is 42.5 Å². The van der Waals surface area contributed by atoms with Gasteiger partial charge in [-0.25, -0.2) is 4.57 Å². The molecular formula is C12H12ClO3P. The van der Waals surface area contributed by atoms with E-state index in [0.717, 1.165) is 0 Å². The summed E-state index contributed by atoms with van der Waals surface area (Å²) >= 11 is 5.76. The van der Waals surface area contributed by atoms with E-state index >= 15 is 0 Å². The van der Waals surface area contributed by atoms with Crippen LogP contribution in [0.1, 0.15) is 6.42 Å². The van der Waals surface area contributed by atoms with E-state index in [0.29, 0.717) is 12.2 Å². The second-order valence-corrected chi connectivity index (χ2v) is 6.02. The van der Waals surface area contributed by atoms with Crippen LogP contribution in [-0.2, 0) is 9.09 Å². The third kappa shape index (κ3) is 4.04. The summed E-state index contributed by atoms with van der Waals surface area (Å²) in [4.78, 5) is 0. The highest BCUT2D eigenvalue weighted by molar-refractivity contribution is 7.81. The molecule has 2 atom stereocenters. The number of halogens is 1. The minimum atomic E-state index is -3.60. The van der Waals surface area contributed by atoms with Crippen LogP contribution in [-0.4, -0.2) is 6.10 Å². The van der Waals surface area contributed by atoms with Gasteiger partial charge in [0.1, 0.15) is 5.75 Å². The minimum Gasteiger partial charge on any atom is -0.413 e. The van der Waals surface area contributed by atoms with Gasteiger partial charge in [-0.15, -0.1) is 0 Å². The van der Waals surface area contributed by atoms with E-state index < -0.39 is 6.95 Å². The third-order valence-electron chi connectivity index (χ3n) is 2.16. The van der Waals surface area contributed by atoms with Gasteiger partial charge < -0.3 is 4.52 Å². The zero-order valence-corrected chi connectivity index (χ0v) is 10.7. The molecular weight excluding hydrogens is 259 g/mol. The van der Waals surface area contributed by atoms with Gasteiger partial charge in [0, 0.05) is 11.2 Å². The van der Waals surface area contributed by atoms with Crippen LogP contribution in [0.25, 0.3) is 0 Å². The van der Waals surface area contributed by atoms with Gasteiger partial charge in [0.05, 0.1) is 6.10 Å². The predicted molar refractivity (Wildman–Crippen MR) is 68.3 cm³/mol. The maximum Gasteiger partial charge on any atom is 0.477 e. The highest BCUT2D eigenvalue weighted by atomic mass is 35.7. The topological polar surface area (TPSA) is 35.5 Å². The first-order valence-electron chi connectivity index (χ1n) is 5.22. The van der Waals surface area contributed by atoms with Crippen molar-refractivity contribution in [2.24, 2.45) is 0 Å². The molecule has 90 valence electrons. The van der Waals surface area contributed by atoms with E-state index in [4.69, 9.17) is 20.3 Å². The van der Waals surface area contributed by atoms with Gasteiger partial charge in [0.2, 0.25) is 0 Å². The molecule has 1 aromatic carbocycles. The average Bonchev–Trinajstić information content (AvgIpc) is 2.30. The smallest absolute Gasteiger partial charge is 0.413 e. The van der Waals surface area contributed by atoms with Gasteiger partial charge in [-0.3, -0.25) is 4.52 Å². The lowest BCUT2D eigenvalue weighted by Gasteiger charge is -2.18. The summed E-state index contributed by atoms with van der Waals surface area (Å²) in [6, 6.07) is 8.73. The zero-order chi connectivity index (χ0) is 12.1. The van der Waals surface area contributed by atoms with Crippen molar-refractivity contribution in [3.05, 3.63) is 54.6 Å². The standard InChI is InChI=1S/C12H12ClO3P/c13-17(14,15-11-7-3-1-4-8-11)16-12-9-5-2-6-10-12/h1-9,12H,10H2. The molecule has 0 amide bonds. The Hall–Kier alpha value is -1.02. The van der Waals surface area contributed by atoms with Crippen molar-refractivity contribution < 1.29 is 13.6 Å². The minimum absolute atomic E-state index is 0.299. The third-order valence-corrected chi connectivity index (χ3v) is 3.56. The molecule has 0 bridgehead atoms. The van der Waals surface area contributed by atoms with Crippen molar-refractivity contribution in [1.29, 1.82) is 0 Å². The van der Waals surface area contributed by atoms with Crippen molar-refractivity contribution >= 4 is 18.2 Å². The number of rotatable bonds is 4. The molecule has 1 aliphatic carbocycles. The fourth-order valence-electron chi connectivity index (χ4n) is 1.43. The lowest BCUT2D eigenvalue weighted by Crippen LogP contribution is -2.09. The summed E-state index contributed by atoms with van der Waals surface area (Å²) in [5.74, 6) is 0.432. The Morgan fingerprint density at radius 1 is 1.24 bits per heavy atom. The molecule has 17 heavy (non-hydrogen) atoms. The lowest BCUT2D eigenvalue weighted by molar-refractivity contribution is 0.228. The van der Waals surface area contributed by atoms with E-state index in [-0.39, 0.29) is 6.10 Å². The largest absolute Gasteiger partial charge is 0.477 e. The van der Waals surface area contributed by atoms with Crippen molar-refractivity contribution in [2.75, 3.05) is 0 Å². The molecule has 0 aliphatic heterocycles. The second-order valence-electron chi connectivity index (χ2n) is 3.53. The first-order valence-corrected chi connectivity index (χ1v) is 7.66. The van der Waals surface area contributed by atoms with E-state index in [1.165, 1.54) is 0 Å². The summed E-state index contributed by atoms with van der Waals surface area (Å²) in [5, 5.41) is 0. The number of hydrogen-bond donors (Lipinski definition) is 0. The highest BCUT2D eigenvalue weighted by Crippen LogP contribution is 2.54. The highest BCUT2D eigenvalue weighted by Gasteiger charge is 2.26. The molecule has 5 heteroatoms. The Labute approximate surface area is 105 Å². The van der Waals surface area contributed by atoms with Crippen LogP contribution in [0.15, 0.2) is 54.6 Å². The molecule has 0 aromatic heterocycles. The van der Waals surface area contributed by atoms with Crippen LogP contribution in [0, 0.1) is 0 Å². The first kappa shape index (κ1) is 12.4. The Morgan fingerprint density at radius 3 is 2.65 bits per heavy atom. The summed E-state index contributed by atoms with van der Waals surface area (Å²) in [6.45, 7) is -3.60. The van der Waals surface area contributed by atoms with Crippen molar-refractivity contribution in [1.82, 2.24) is 0 Å². The molecule has 1 aliphatic rings. The molecule has 2 unspecified atom stereocenters. The van der Waals surface area contributed by atoms with Crippen molar-refractivity contribution in [3.8, 4) is 5.75 Å². The molecule has 0 saturated carbocycles. The molecule has 0 saturated heterocycles. The monoisotopic (exact) mass is 270 g/mol. The summed E-state index contributed by atoms with van der Waals surface area (Å²) in [7, 11) is 0. The maximum absolute atomic E-state index is 11.9. The fraction of sp³-hybridized carbons (Fsp3) is 0.167. The lowest BCUT2D eigenvalue weighted by atomic mass is 10.1. The van der Waals surface area contributed by atoms with Crippen LogP contribution in [0.2, 0.25) is 0 Å². The van der Waals surface area contributed by atoms with Crippen LogP contribution >= 0.6 is 18.2 Å². The average molecular weight is 271 g/mol. The maximum atomic E-state index is 11.9. The normalized spacial score (nSPS) is 22.1. The molecule has 2 rings (SSSR count). The quantitative estimate of drug-likeness (QED) is 0.765. The summed E-state index contributed by atoms with van der Waals surface area (Å²) in [5.41, 5.74) is 0. The zero-order valence-electron chi connectivity index (χ0n) is 9.03. The van der Waals surface area contributed by atoms with Gasteiger partial charge in [-0.05, 0) is 18.6 Å². The van der Waals surface area contributed by atoms with E-state index in [1.54, 1.807) is 30.3 Å². The van der Waals surface area contributed by atoms with Gasteiger partial charge >= 0.3 is 6.95 Å². The van der Waals surface area contributed by atoms with Crippen molar-refractivity contribution in [2.45, 2.75) is 12.5 Å². The molecule has 0 heterocycles. The number of para-hydroxylation sites is 1. The second kappa shape index (κ2) is 5.54. The van der Waals surface area contributed by atoms with Crippen LogP contribution < -0.4 is 4.52 Å². The molecule has 0 fully saturated rings. The predicted octanol–water partition coefficient (Wildman–Crippen LogP) is 4.31.